The van der Waals surface area contributed by atoms with Gasteiger partial charge in [-0.2, -0.15) is 4.99 Å². The molecule has 138 valence electrons. The van der Waals surface area contributed by atoms with Gasteiger partial charge in [0.2, 0.25) is 5.91 Å². The summed E-state index contributed by atoms with van der Waals surface area (Å²) in [6.45, 7) is 0. The quantitative estimate of drug-likeness (QED) is 0.772. The van der Waals surface area contributed by atoms with Gasteiger partial charge in [-0.15, -0.1) is 0 Å². The van der Waals surface area contributed by atoms with E-state index in [9.17, 15) is 18.0 Å². The fourth-order valence-electron chi connectivity index (χ4n) is 4.91. The molecule has 2 saturated heterocycles. The topological polar surface area (TPSA) is 104 Å². The van der Waals surface area contributed by atoms with Gasteiger partial charge in [0.1, 0.15) is 0 Å². The Bertz CT molecular complexity index is 735. The largest absolute Gasteiger partial charge is 0.481 e. The van der Waals surface area contributed by atoms with E-state index in [0.29, 0.717) is 17.0 Å². The van der Waals surface area contributed by atoms with Crippen molar-refractivity contribution >= 4 is 38.6 Å². The van der Waals surface area contributed by atoms with Crippen LogP contribution in [0, 0.1) is 11.8 Å². The van der Waals surface area contributed by atoms with Crippen molar-refractivity contribution in [2.75, 3.05) is 11.5 Å². The lowest BCUT2D eigenvalue weighted by Gasteiger charge is -2.36. The predicted molar refractivity (Wildman–Crippen MR) is 94.2 cm³/mol. The Balaban J connectivity index is 1.57. The second-order valence-electron chi connectivity index (χ2n) is 7.63. The van der Waals surface area contributed by atoms with E-state index in [-0.39, 0.29) is 41.7 Å². The third-order valence-corrected chi connectivity index (χ3v) is 9.16. The zero-order valence-electron chi connectivity index (χ0n) is 13.8. The average Bonchev–Trinajstić information content (AvgIpc) is 3.24. The smallest absolute Gasteiger partial charge is 0.303 e. The number of nitrogens with zero attached hydrogens (tertiary/aromatic N) is 2. The van der Waals surface area contributed by atoms with Crippen LogP contribution in [-0.4, -0.2) is 64.3 Å². The van der Waals surface area contributed by atoms with E-state index in [4.69, 9.17) is 5.11 Å². The first-order chi connectivity index (χ1) is 11.8. The van der Waals surface area contributed by atoms with Crippen LogP contribution in [0.4, 0.5) is 0 Å². The molecule has 0 aromatic carbocycles. The summed E-state index contributed by atoms with van der Waals surface area (Å²) in [4.78, 5) is 29.0. The second kappa shape index (κ2) is 6.26. The van der Waals surface area contributed by atoms with Crippen molar-refractivity contribution in [3.8, 4) is 0 Å². The van der Waals surface area contributed by atoms with E-state index in [2.05, 4.69) is 9.89 Å². The number of thioether (sulfide) groups is 1. The molecule has 0 unspecified atom stereocenters. The number of carboxylic acids is 1. The van der Waals surface area contributed by atoms with E-state index in [0.717, 1.165) is 6.42 Å². The SMILES string of the molecule is O=C(O)CCC(=O)N=C1S[C@H]2CS(=O)(=O)C[C@H]2N1[C@H]1C[C@H]2CC[C@H]1C2. The highest BCUT2D eigenvalue weighted by Crippen LogP contribution is 2.51. The Morgan fingerprint density at radius 1 is 1.16 bits per heavy atom. The molecule has 4 fully saturated rings. The van der Waals surface area contributed by atoms with Gasteiger partial charge < -0.3 is 10.0 Å². The molecule has 0 aromatic heterocycles. The zero-order valence-corrected chi connectivity index (χ0v) is 15.5. The molecule has 4 aliphatic rings. The first-order valence-electron chi connectivity index (χ1n) is 8.81. The standard InChI is InChI=1S/C16H22N2O5S2/c19-14(3-4-15(20)21)17-16-18(11-6-9-1-2-10(11)5-9)12-7-25(22,23)8-13(12)24-16/h9-13H,1-8H2,(H,20,21)/t9-,10-,11-,12+,13-/m0/s1. The lowest BCUT2D eigenvalue weighted by atomic mass is 9.93. The van der Waals surface area contributed by atoms with Gasteiger partial charge in [-0.25, -0.2) is 8.42 Å². The molecular formula is C16H22N2O5S2. The van der Waals surface area contributed by atoms with Gasteiger partial charge in [0.25, 0.3) is 0 Å². The number of carboxylic acid groups (broad SMARTS) is 1. The summed E-state index contributed by atoms with van der Waals surface area (Å²) in [6, 6.07) is 0.186. The van der Waals surface area contributed by atoms with Crippen molar-refractivity contribution in [1.29, 1.82) is 0 Å². The van der Waals surface area contributed by atoms with Crippen molar-refractivity contribution in [3.63, 3.8) is 0 Å². The van der Waals surface area contributed by atoms with Crippen molar-refractivity contribution < 1.29 is 23.1 Å². The number of hydrogen-bond acceptors (Lipinski definition) is 5. The Morgan fingerprint density at radius 2 is 1.96 bits per heavy atom. The van der Waals surface area contributed by atoms with E-state index in [1.54, 1.807) is 0 Å². The van der Waals surface area contributed by atoms with Crippen LogP contribution in [0.15, 0.2) is 4.99 Å². The number of aliphatic carboxylic acids is 1. The van der Waals surface area contributed by atoms with Crippen LogP contribution in [0.25, 0.3) is 0 Å². The highest BCUT2D eigenvalue weighted by atomic mass is 32.2. The summed E-state index contributed by atoms with van der Waals surface area (Å²) in [7, 11) is -3.03. The molecular weight excluding hydrogens is 364 g/mol. The number of amides is 1. The molecule has 2 heterocycles. The van der Waals surface area contributed by atoms with E-state index in [1.807, 2.05) is 0 Å². The molecule has 2 saturated carbocycles. The maximum atomic E-state index is 12.1. The molecule has 0 radical (unpaired) electrons. The number of amidine groups is 1. The molecule has 0 aromatic rings. The highest BCUT2D eigenvalue weighted by Gasteiger charge is 2.54. The Morgan fingerprint density at radius 3 is 2.60 bits per heavy atom. The molecule has 2 aliphatic heterocycles. The molecule has 25 heavy (non-hydrogen) atoms. The third kappa shape index (κ3) is 3.32. The fourth-order valence-corrected chi connectivity index (χ4v) is 8.90. The van der Waals surface area contributed by atoms with Crippen LogP contribution < -0.4 is 0 Å². The summed E-state index contributed by atoms with van der Waals surface area (Å²) in [6.07, 6.45) is 4.32. The molecule has 4 rings (SSSR count). The summed E-state index contributed by atoms with van der Waals surface area (Å²) in [5, 5.41) is 9.29. The van der Waals surface area contributed by atoms with E-state index < -0.39 is 21.7 Å². The van der Waals surface area contributed by atoms with Gasteiger partial charge in [0.15, 0.2) is 15.0 Å². The van der Waals surface area contributed by atoms with Gasteiger partial charge in [-0.05, 0) is 31.1 Å². The van der Waals surface area contributed by atoms with Crippen molar-refractivity contribution in [2.45, 2.75) is 55.9 Å². The van der Waals surface area contributed by atoms with Crippen molar-refractivity contribution in [1.82, 2.24) is 4.90 Å². The third-order valence-electron chi connectivity index (χ3n) is 5.94. The molecule has 2 aliphatic carbocycles. The Hall–Kier alpha value is -1.09. The molecule has 0 spiro atoms. The summed E-state index contributed by atoms with van der Waals surface area (Å²) >= 11 is 1.40. The number of aliphatic imine (C=N–C) groups is 1. The van der Waals surface area contributed by atoms with Gasteiger partial charge in [0.05, 0.1) is 24.0 Å². The van der Waals surface area contributed by atoms with Gasteiger partial charge in [-0.1, -0.05) is 18.2 Å². The van der Waals surface area contributed by atoms with Crippen LogP contribution >= 0.6 is 11.8 Å². The average molecular weight is 386 g/mol. The normalized spacial score (nSPS) is 39.9. The first kappa shape index (κ1) is 17.3. The molecule has 2 bridgehead atoms. The minimum atomic E-state index is -3.03. The lowest BCUT2D eigenvalue weighted by molar-refractivity contribution is -0.138. The predicted octanol–water partition coefficient (Wildman–Crippen LogP) is 1.14. The minimum absolute atomic E-state index is 0.0600. The number of carbonyl (C=O) groups excluding carboxylic acids is 1. The number of rotatable bonds is 4. The Kier molecular flexibility index (Phi) is 4.34. The van der Waals surface area contributed by atoms with Crippen LogP contribution in [0.3, 0.4) is 0 Å². The van der Waals surface area contributed by atoms with Crippen LogP contribution in [0.5, 0.6) is 0 Å². The summed E-state index contributed by atoms with van der Waals surface area (Å²) in [5.74, 6) is 0.109. The molecule has 1 N–H and O–H groups in total. The molecule has 7 nitrogen and oxygen atoms in total. The van der Waals surface area contributed by atoms with Gasteiger partial charge >= 0.3 is 5.97 Å². The molecule has 9 heteroatoms. The first-order valence-corrected chi connectivity index (χ1v) is 11.5. The van der Waals surface area contributed by atoms with E-state index in [1.165, 1.54) is 31.0 Å². The second-order valence-corrected chi connectivity index (χ2v) is 11.0. The summed E-state index contributed by atoms with van der Waals surface area (Å²) in [5.41, 5.74) is 0. The highest BCUT2D eigenvalue weighted by molar-refractivity contribution is 8.15. The van der Waals surface area contributed by atoms with Crippen molar-refractivity contribution in [3.05, 3.63) is 0 Å². The maximum Gasteiger partial charge on any atom is 0.303 e. The lowest BCUT2D eigenvalue weighted by Crippen LogP contribution is -2.47. The Labute approximate surface area is 151 Å². The fraction of sp³-hybridized carbons (Fsp3) is 0.812. The molecule has 5 atom stereocenters. The zero-order chi connectivity index (χ0) is 17.8. The number of hydrogen-bond donors (Lipinski definition) is 1. The van der Waals surface area contributed by atoms with Gasteiger partial charge in [-0.3, -0.25) is 9.59 Å². The maximum absolute atomic E-state index is 12.1. The minimum Gasteiger partial charge on any atom is -0.481 e. The molecule has 1 amide bonds. The van der Waals surface area contributed by atoms with Gasteiger partial charge in [0, 0.05) is 17.7 Å². The number of fused-ring (bicyclic) bond motifs is 3. The van der Waals surface area contributed by atoms with E-state index >= 15 is 0 Å². The number of carbonyl (C=O) groups is 2. The van der Waals surface area contributed by atoms with Crippen LogP contribution in [0.1, 0.15) is 38.5 Å². The van der Waals surface area contributed by atoms with Crippen LogP contribution in [-0.2, 0) is 19.4 Å². The summed E-state index contributed by atoms with van der Waals surface area (Å²) < 4.78 is 24.1. The monoisotopic (exact) mass is 386 g/mol. The van der Waals surface area contributed by atoms with Crippen LogP contribution in [0.2, 0.25) is 0 Å². The van der Waals surface area contributed by atoms with Crippen molar-refractivity contribution in [2.24, 2.45) is 16.8 Å². The number of sulfone groups is 1.